The summed E-state index contributed by atoms with van der Waals surface area (Å²) in [6.45, 7) is 3.69. The first-order valence-electron chi connectivity index (χ1n) is 5.66. The highest BCUT2D eigenvalue weighted by molar-refractivity contribution is 5.78. The van der Waals surface area contributed by atoms with E-state index in [1.165, 1.54) is 12.1 Å². The summed E-state index contributed by atoms with van der Waals surface area (Å²) in [7, 11) is 0. The van der Waals surface area contributed by atoms with Gasteiger partial charge in [-0.15, -0.1) is 0 Å². The van der Waals surface area contributed by atoms with Crippen LogP contribution in [0.2, 0.25) is 0 Å². The van der Waals surface area contributed by atoms with Crippen LogP contribution in [-0.2, 0) is 11.3 Å². The Bertz CT molecular complexity index is 436. The third-order valence-electron chi connectivity index (χ3n) is 3.04. The van der Waals surface area contributed by atoms with E-state index in [4.69, 9.17) is 4.42 Å². The van der Waals surface area contributed by atoms with Crippen molar-refractivity contribution in [3.8, 4) is 0 Å². The summed E-state index contributed by atoms with van der Waals surface area (Å²) in [4.78, 5) is 21.0. The van der Waals surface area contributed by atoms with Crippen molar-refractivity contribution in [3.05, 3.63) is 28.0 Å². The Labute approximate surface area is 104 Å². The molecule has 0 spiro atoms. The van der Waals surface area contributed by atoms with Gasteiger partial charge in [0.1, 0.15) is 16.2 Å². The predicted octanol–water partition coefficient (Wildman–Crippen LogP) is 1.92. The number of nitro groups is 1. The quantitative estimate of drug-likeness (QED) is 0.570. The fourth-order valence-corrected chi connectivity index (χ4v) is 1.69. The van der Waals surface area contributed by atoms with Gasteiger partial charge >= 0.3 is 11.9 Å². The summed E-state index contributed by atoms with van der Waals surface area (Å²) in [6, 6.07) is 2.71. The Morgan fingerprint density at radius 1 is 1.50 bits per heavy atom. The maximum atomic E-state index is 11.2. The minimum Gasteiger partial charge on any atom is -0.480 e. The molecule has 1 rings (SSSR count). The Kier molecular flexibility index (Phi) is 4.43. The van der Waals surface area contributed by atoms with Crippen molar-refractivity contribution in [1.82, 2.24) is 5.32 Å². The van der Waals surface area contributed by atoms with Crippen LogP contribution < -0.4 is 5.32 Å². The number of nitrogens with one attached hydrogen (secondary N) is 1. The van der Waals surface area contributed by atoms with E-state index in [9.17, 15) is 20.0 Å². The van der Waals surface area contributed by atoms with Crippen molar-refractivity contribution < 1.29 is 19.2 Å². The van der Waals surface area contributed by atoms with Gasteiger partial charge in [-0.3, -0.25) is 20.2 Å². The topological polar surface area (TPSA) is 106 Å². The molecule has 0 saturated carbocycles. The average Bonchev–Trinajstić information content (AvgIpc) is 2.79. The fraction of sp³-hybridized carbons (Fsp3) is 0.545. The third kappa shape index (κ3) is 2.86. The van der Waals surface area contributed by atoms with Crippen LogP contribution in [-0.4, -0.2) is 21.5 Å². The average molecular weight is 256 g/mol. The van der Waals surface area contributed by atoms with Crippen LogP contribution >= 0.6 is 0 Å². The summed E-state index contributed by atoms with van der Waals surface area (Å²) in [6.07, 6.45) is 0.837. The molecule has 0 aromatic carbocycles. The van der Waals surface area contributed by atoms with Crippen LogP contribution in [0.3, 0.4) is 0 Å². The van der Waals surface area contributed by atoms with Gasteiger partial charge in [0.15, 0.2) is 0 Å². The largest absolute Gasteiger partial charge is 0.480 e. The van der Waals surface area contributed by atoms with E-state index in [0.717, 1.165) is 0 Å². The maximum Gasteiger partial charge on any atom is 0.433 e. The van der Waals surface area contributed by atoms with Gasteiger partial charge < -0.3 is 9.52 Å². The van der Waals surface area contributed by atoms with Crippen molar-refractivity contribution in [3.63, 3.8) is 0 Å². The zero-order valence-corrected chi connectivity index (χ0v) is 10.3. The molecule has 0 radical (unpaired) electrons. The first kappa shape index (κ1) is 14.2. The van der Waals surface area contributed by atoms with Crippen LogP contribution in [0.15, 0.2) is 16.5 Å². The molecule has 100 valence electrons. The molecular weight excluding hydrogens is 240 g/mol. The number of aliphatic carboxylic acids is 1. The maximum absolute atomic E-state index is 11.2. The van der Waals surface area contributed by atoms with Crippen molar-refractivity contribution >= 4 is 11.9 Å². The van der Waals surface area contributed by atoms with Crippen molar-refractivity contribution in [1.29, 1.82) is 0 Å². The number of carbonyl (C=O) groups is 1. The number of hydrogen-bond donors (Lipinski definition) is 2. The van der Waals surface area contributed by atoms with Gasteiger partial charge in [0.25, 0.3) is 0 Å². The number of hydrogen-bond acceptors (Lipinski definition) is 5. The molecule has 0 fully saturated rings. The summed E-state index contributed by atoms with van der Waals surface area (Å²) >= 11 is 0. The second-order valence-electron chi connectivity index (χ2n) is 3.94. The molecule has 7 heteroatoms. The summed E-state index contributed by atoms with van der Waals surface area (Å²) in [5.74, 6) is -0.941. The molecule has 2 N–H and O–H groups in total. The molecule has 0 aliphatic heterocycles. The highest BCUT2D eigenvalue weighted by Gasteiger charge is 2.34. The minimum absolute atomic E-state index is 0.141. The van der Waals surface area contributed by atoms with Crippen molar-refractivity contribution in [2.24, 2.45) is 0 Å². The second-order valence-corrected chi connectivity index (χ2v) is 3.94. The number of rotatable bonds is 7. The van der Waals surface area contributed by atoms with Gasteiger partial charge in [0.2, 0.25) is 0 Å². The van der Waals surface area contributed by atoms with Gasteiger partial charge in [-0.05, 0) is 18.9 Å². The van der Waals surface area contributed by atoms with E-state index in [-0.39, 0.29) is 12.4 Å². The van der Waals surface area contributed by atoms with Gasteiger partial charge in [0.05, 0.1) is 12.6 Å². The second kappa shape index (κ2) is 5.63. The first-order valence-corrected chi connectivity index (χ1v) is 5.66. The van der Waals surface area contributed by atoms with Gasteiger partial charge in [-0.2, -0.15) is 0 Å². The van der Waals surface area contributed by atoms with E-state index in [1.54, 1.807) is 13.8 Å². The van der Waals surface area contributed by atoms with Crippen LogP contribution in [0.4, 0.5) is 5.88 Å². The summed E-state index contributed by atoms with van der Waals surface area (Å²) in [5.41, 5.74) is -1.03. The molecule has 0 unspecified atom stereocenters. The van der Waals surface area contributed by atoms with Crippen LogP contribution in [0.25, 0.3) is 0 Å². The predicted molar refractivity (Wildman–Crippen MR) is 63.2 cm³/mol. The Hall–Kier alpha value is -1.89. The van der Waals surface area contributed by atoms with E-state index in [2.05, 4.69) is 5.32 Å². The Morgan fingerprint density at radius 3 is 2.50 bits per heavy atom. The molecule has 0 atom stereocenters. The molecule has 0 amide bonds. The molecule has 1 aromatic heterocycles. The molecule has 1 heterocycles. The lowest BCUT2D eigenvalue weighted by Gasteiger charge is -2.27. The molecule has 0 saturated heterocycles. The van der Waals surface area contributed by atoms with Gasteiger partial charge in [-0.25, -0.2) is 0 Å². The van der Waals surface area contributed by atoms with Crippen LogP contribution in [0, 0.1) is 10.1 Å². The summed E-state index contributed by atoms with van der Waals surface area (Å²) < 4.78 is 4.95. The summed E-state index contributed by atoms with van der Waals surface area (Å²) in [5, 5.41) is 22.5. The highest BCUT2D eigenvalue weighted by atomic mass is 16.6. The lowest BCUT2D eigenvalue weighted by atomic mass is 9.93. The number of furan rings is 1. The Morgan fingerprint density at radius 2 is 2.11 bits per heavy atom. The zero-order valence-electron chi connectivity index (χ0n) is 10.3. The molecule has 7 nitrogen and oxygen atoms in total. The van der Waals surface area contributed by atoms with E-state index < -0.39 is 16.4 Å². The highest BCUT2D eigenvalue weighted by Crippen LogP contribution is 2.19. The molecular formula is C11H16N2O5. The Balaban J connectivity index is 2.73. The molecule has 1 aromatic rings. The number of carboxylic acids is 1. The lowest BCUT2D eigenvalue weighted by Crippen LogP contribution is -2.50. The van der Waals surface area contributed by atoms with Crippen LogP contribution in [0.1, 0.15) is 32.4 Å². The monoisotopic (exact) mass is 256 g/mol. The first-order chi connectivity index (χ1) is 8.45. The molecule has 0 bridgehead atoms. The number of nitrogens with zero attached hydrogens (tertiary/aromatic N) is 1. The fourth-order valence-electron chi connectivity index (χ4n) is 1.69. The standard InChI is InChI=1S/C11H16N2O5/c1-3-11(4-2,10(14)15)12-7-8-5-6-9(18-8)13(16)17/h5-6,12H,3-4,7H2,1-2H3,(H,14,15). The van der Waals surface area contributed by atoms with Crippen molar-refractivity contribution in [2.75, 3.05) is 0 Å². The van der Waals surface area contributed by atoms with E-state index in [0.29, 0.717) is 18.6 Å². The SMILES string of the molecule is CCC(CC)(NCc1ccc([N+](=O)[O-])o1)C(=O)O. The smallest absolute Gasteiger partial charge is 0.433 e. The molecule has 0 aliphatic rings. The molecule has 18 heavy (non-hydrogen) atoms. The normalized spacial score (nSPS) is 11.4. The van der Waals surface area contributed by atoms with Crippen LogP contribution in [0.5, 0.6) is 0 Å². The van der Waals surface area contributed by atoms with E-state index >= 15 is 0 Å². The van der Waals surface area contributed by atoms with Crippen molar-refractivity contribution in [2.45, 2.75) is 38.8 Å². The number of carboxylic acid groups (broad SMARTS) is 1. The third-order valence-corrected chi connectivity index (χ3v) is 3.04. The zero-order chi connectivity index (χ0) is 13.8. The lowest BCUT2D eigenvalue weighted by molar-refractivity contribution is -0.402. The minimum atomic E-state index is -1.03. The molecule has 0 aliphatic carbocycles. The van der Waals surface area contributed by atoms with E-state index in [1.807, 2.05) is 0 Å². The van der Waals surface area contributed by atoms with Gasteiger partial charge in [0, 0.05) is 0 Å². The van der Waals surface area contributed by atoms with Gasteiger partial charge in [-0.1, -0.05) is 13.8 Å².